The van der Waals surface area contributed by atoms with Crippen molar-refractivity contribution in [3.05, 3.63) is 139 Å². The van der Waals surface area contributed by atoms with E-state index in [0.717, 1.165) is 20.3 Å². The molecule has 38 heavy (non-hydrogen) atoms. The molecule has 4 rings (SSSR count). The van der Waals surface area contributed by atoms with Crippen LogP contribution in [0.25, 0.3) is 0 Å². The summed E-state index contributed by atoms with van der Waals surface area (Å²) >= 11 is 2.21. The van der Waals surface area contributed by atoms with Gasteiger partial charge in [-0.05, 0) is 70.0 Å². The Morgan fingerprint density at radius 3 is 1.95 bits per heavy atom. The number of non-ortho nitro benzene ring substituents is 1. The van der Waals surface area contributed by atoms with E-state index in [9.17, 15) is 19.7 Å². The van der Waals surface area contributed by atoms with Gasteiger partial charge in [-0.2, -0.15) is 0 Å². The maximum Gasteiger partial charge on any atom is 0.269 e. The van der Waals surface area contributed by atoms with Gasteiger partial charge < -0.3 is 10.6 Å². The molecule has 0 aliphatic heterocycles. The molecule has 4 aromatic carbocycles. The SMILES string of the molecule is Cc1cc(I)ccc1NC(=O)[C@@H](Cc1ccc([N+](=O)[O-])cc1)NC(=O)C(c1ccccc1)c1ccccc1. The summed E-state index contributed by atoms with van der Waals surface area (Å²) in [7, 11) is 0. The monoisotopic (exact) mass is 619 g/mol. The summed E-state index contributed by atoms with van der Waals surface area (Å²) in [6.45, 7) is 1.91. The van der Waals surface area contributed by atoms with Gasteiger partial charge in [-0.25, -0.2) is 0 Å². The van der Waals surface area contributed by atoms with Crippen LogP contribution < -0.4 is 10.6 Å². The van der Waals surface area contributed by atoms with Gasteiger partial charge in [0, 0.05) is 27.8 Å². The number of nitrogens with zero attached hydrogens (tertiary/aromatic N) is 1. The third-order valence-corrected chi connectivity index (χ3v) is 6.87. The van der Waals surface area contributed by atoms with E-state index in [2.05, 4.69) is 33.2 Å². The number of halogens is 1. The quantitative estimate of drug-likeness (QED) is 0.136. The first-order valence-electron chi connectivity index (χ1n) is 12.0. The number of anilines is 1. The van der Waals surface area contributed by atoms with Crippen LogP contribution in [-0.2, 0) is 16.0 Å². The van der Waals surface area contributed by atoms with Crippen LogP contribution in [0.3, 0.4) is 0 Å². The van der Waals surface area contributed by atoms with E-state index in [-0.39, 0.29) is 23.9 Å². The van der Waals surface area contributed by atoms with Crippen molar-refractivity contribution in [1.82, 2.24) is 5.32 Å². The first-order chi connectivity index (χ1) is 18.3. The molecule has 0 bridgehead atoms. The lowest BCUT2D eigenvalue weighted by molar-refractivity contribution is -0.384. The number of hydrogen-bond acceptors (Lipinski definition) is 4. The van der Waals surface area contributed by atoms with Crippen molar-refractivity contribution in [2.24, 2.45) is 0 Å². The van der Waals surface area contributed by atoms with E-state index in [4.69, 9.17) is 0 Å². The van der Waals surface area contributed by atoms with Gasteiger partial charge in [0.05, 0.1) is 10.8 Å². The van der Waals surface area contributed by atoms with Crippen molar-refractivity contribution in [3.63, 3.8) is 0 Å². The summed E-state index contributed by atoms with van der Waals surface area (Å²) < 4.78 is 1.04. The molecular weight excluding hydrogens is 593 g/mol. The molecule has 1 atom stereocenters. The number of carbonyl (C=O) groups excluding carboxylic acids is 2. The highest BCUT2D eigenvalue weighted by atomic mass is 127. The zero-order chi connectivity index (χ0) is 27.1. The minimum Gasteiger partial charge on any atom is -0.343 e. The molecule has 0 radical (unpaired) electrons. The van der Waals surface area contributed by atoms with Crippen LogP contribution in [0.1, 0.15) is 28.2 Å². The Balaban J connectivity index is 1.64. The topological polar surface area (TPSA) is 101 Å². The second-order valence-corrected chi connectivity index (χ2v) is 10.1. The lowest BCUT2D eigenvalue weighted by Gasteiger charge is -2.23. The van der Waals surface area contributed by atoms with Crippen molar-refractivity contribution < 1.29 is 14.5 Å². The Bertz CT molecular complexity index is 1390. The number of rotatable bonds is 9. The summed E-state index contributed by atoms with van der Waals surface area (Å²) in [6, 6.07) is 29.6. The van der Waals surface area contributed by atoms with Gasteiger partial charge >= 0.3 is 0 Å². The van der Waals surface area contributed by atoms with Crippen LogP contribution in [-0.4, -0.2) is 22.8 Å². The summed E-state index contributed by atoms with van der Waals surface area (Å²) in [6.07, 6.45) is 0.162. The van der Waals surface area contributed by atoms with E-state index in [1.165, 1.54) is 12.1 Å². The molecule has 0 fully saturated rings. The maximum absolute atomic E-state index is 13.8. The number of hydrogen-bond donors (Lipinski definition) is 2. The smallest absolute Gasteiger partial charge is 0.269 e. The number of carbonyl (C=O) groups is 2. The Labute approximate surface area is 234 Å². The zero-order valence-electron chi connectivity index (χ0n) is 20.6. The number of nitro groups is 1. The highest BCUT2D eigenvalue weighted by Crippen LogP contribution is 2.26. The fraction of sp³-hybridized carbons (Fsp3) is 0.133. The van der Waals surface area contributed by atoms with E-state index in [1.54, 1.807) is 12.1 Å². The molecular formula is C30H26IN3O4. The summed E-state index contributed by atoms with van der Waals surface area (Å²) in [5.41, 5.74) is 3.81. The van der Waals surface area contributed by atoms with Gasteiger partial charge in [0.15, 0.2) is 0 Å². The fourth-order valence-corrected chi connectivity index (χ4v) is 4.87. The highest BCUT2D eigenvalue weighted by molar-refractivity contribution is 14.1. The molecule has 2 amide bonds. The zero-order valence-corrected chi connectivity index (χ0v) is 22.8. The van der Waals surface area contributed by atoms with Gasteiger partial charge in [-0.1, -0.05) is 72.8 Å². The molecule has 0 spiro atoms. The van der Waals surface area contributed by atoms with Crippen molar-refractivity contribution in [2.45, 2.75) is 25.3 Å². The fourth-order valence-electron chi connectivity index (χ4n) is 4.23. The second kappa shape index (κ2) is 12.5. The van der Waals surface area contributed by atoms with Gasteiger partial charge in [-0.3, -0.25) is 19.7 Å². The molecule has 4 aromatic rings. The molecule has 0 heterocycles. The number of nitro benzene ring substituents is 1. The maximum atomic E-state index is 13.8. The number of aryl methyl sites for hydroxylation is 1. The van der Waals surface area contributed by atoms with E-state index < -0.39 is 16.9 Å². The molecule has 0 aromatic heterocycles. The predicted octanol–water partition coefficient (Wildman–Crippen LogP) is 6.01. The van der Waals surface area contributed by atoms with Crippen molar-refractivity contribution in [1.29, 1.82) is 0 Å². The standard InChI is InChI=1S/C30H26IN3O4/c1-20-18-24(31)14-17-26(20)32-29(35)27(19-21-12-15-25(16-13-21)34(37)38)33-30(36)28(22-8-4-2-5-9-22)23-10-6-3-7-11-23/h2-18,27-28H,19H2,1H3,(H,32,35)(H,33,36)/t27-/m1/s1. The first kappa shape index (κ1) is 27.0. The molecule has 0 saturated heterocycles. The summed E-state index contributed by atoms with van der Waals surface area (Å²) in [5, 5.41) is 17.0. The molecule has 2 N–H and O–H groups in total. The van der Waals surface area contributed by atoms with Crippen LogP contribution >= 0.6 is 22.6 Å². The Morgan fingerprint density at radius 2 is 1.42 bits per heavy atom. The van der Waals surface area contributed by atoms with Gasteiger partial charge in [0.1, 0.15) is 6.04 Å². The molecule has 0 aliphatic carbocycles. The van der Waals surface area contributed by atoms with E-state index in [0.29, 0.717) is 11.3 Å². The van der Waals surface area contributed by atoms with Crippen LogP contribution in [0.2, 0.25) is 0 Å². The van der Waals surface area contributed by atoms with E-state index >= 15 is 0 Å². The lowest BCUT2D eigenvalue weighted by Crippen LogP contribution is -2.47. The molecule has 192 valence electrons. The van der Waals surface area contributed by atoms with Crippen LogP contribution in [0.4, 0.5) is 11.4 Å². The first-order valence-corrected chi connectivity index (χ1v) is 13.1. The van der Waals surface area contributed by atoms with Crippen LogP contribution in [0.5, 0.6) is 0 Å². The molecule has 0 unspecified atom stereocenters. The number of amides is 2. The van der Waals surface area contributed by atoms with Gasteiger partial charge in [-0.15, -0.1) is 0 Å². The second-order valence-electron chi connectivity index (χ2n) is 8.89. The largest absolute Gasteiger partial charge is 0.343 e. The minimum absolute atomic E-state index is 0.0403. The third-order valence-electron chi connectivity index (χ3n) is 6.19. The number of nitrogens with one attached hydrogen (secondary N) is 2. The van der Waals surface area contributed by atoms with Crippen molar-refractivity contribution in [2.75, 3.05) is 5.32 Å². The van der Waals surface area contributed by atoms with E-state index in [1.807, 2.05) is 85.8 Å². The Kier molecular flexibility index (Phi) is 8.85. The highest BCUT2D eigenvalue weighted by Gasteiger charge is 2.28. The molecule has 0 saturated carbocycles. The molecule has 0 aliphatic rings. The van der Waals surface area contributed by atoms with Gasteiger partial charge in [0.25, 0.3) is 5.69 Å². The number of benzene rings is 4. The predicted molar refractivity (Wildman–Crippen MR) is 156 cm³/mol. The third kappa shape index (κ3) is 6.83. The Morgan fingerprint density at radius 1 is 0.842 bits per heavy atom. The molecule has 8 heteroatoms. The van der Waals surface area contributed by atoms with Crippen molar-refractivity contribution in [3.8, 4) is 0 Å². The summed E-state index contributed by atoms with van der Waals surface area (Å²) in [4.78, 5) is 37.9. The van der Waals surface area contributed by atoms with Crippen molar-refractivity contribution >= 4 is 45.8 Å². The van der Waals surface area contributed by atoms with Crippen LogP contribution in [0, 0.1) is 20.6 Å². The summed E-state index contributed by atoms with van der Waals surface area (Å²) in [5.74, 6) is -1.31. The normalized spacial score (nSPS) is 11.6. The van der Waals surface area contributed by atoms with Gasteiger partial charge in [0.2, 0.25) is 11.8 Å². The average Bonchev–Trinajstić information content (AvgIpc) is 2.91. The Hall–Kier alpha value is -4.05. The molecule has 7 nitrogen and oxygen atoms in total. The minimum atomic E-state index is -0.919. The van der Waals surface area contributed by atoms with Crippen LogP contribution in [0.15, 0.2) is 103 Å². The average molecular weight is 619 g/mol. The lowest BCUT2D eigenvalue weighted by atomic mass is 9.90.